The highest BCUT2D eigenvalue weighted by molar-refractivity contribution is 6.30. The van der Waals surface area contributed by atoms with Gasteiger partial charge < -0.3 is 20.4 Å². The fourth-order valence-electron chi connectivity index (χ4n) is 4.00. The number of carboxylic acid groups (broad SMARTS) is 1. The van der Waals surface area contributed by atoms with Crippen molar-refractivity contribution in [3.8, 4) is 5.88 Å². The lowest BCUT2D eigenvalue weighted by Crippen LogP contribution is -2.49. The van der Waals surface area contributed by atoms with Crippen LogP contribution in [0.15, 0.2) is 18.2 Å². The van der Waals surface area contributed by atoms with Crippen LogP contribution in [0.3, 0.4) is 0 Å². The van der Waals surface area contributed by atoms with Crippen molar-refractivity contribution in [1.82, 2.24) is 14.9 Å². The molecule has 3 atom stereocenters. The standard InChI is InChI=1S/C16H17ClN4O3/c17-13-7-12-11(3-4-14(22)19-12)15(20-13)18-8-5-9-1-2-10(6-8)21(9)16(23)24/h3-4,7-10H,1-2,5-6H2,(H,18,20)(H,19,22)(H,23,24)/t8?,9-,10+. The summed E-state index contributed by atoms with van der Waals surface area (Å²) in [4.78, 5) is 21.4. The zero-order chi connectivity index (χ0) is 16.8. The Labute approximate surface area is 143 Å². The molecule has 3 N–H and O–H groups in total. The van der Waals surface area contributed by atoms with Crippen molar-refractivity contribution in [2.75, 3.05) is 5.32 Å². The molecule has 0 spiro atoms. The Bertz CT molecular complexity index is 796. The van der Waals surface area contributed by atoms with Gasteiger partial charge in [-0.2, -0.15) is 0 Å². The molecule has 2 aromatic heterocycles. The fourth-order valence-corrected chi connectivity index (χ4v) is 4.18. The van der Waals surface area contributed by atoms with Crippen LogP contribution < -0.4 is 5.32 Å². The minimum absolute atomic E-state index is 0.0615. The second-order valence-electron chi connectivity index (χ2n) is 6.42. The maximum Gasteiger partial charge on any atom is 0.407 e. The molecule has 2 aliphatic rings. The zero-order valence-corrected chi connectivity index (χ0v) is 13.6. The number of aromatic hydroxyl groups is 1. The summed E-state index contributed by atoms with van der Waals surface area (Å²) >= 11 is 6.07. The molecule has 8 heteroatoms. The van der Waals surface area contributed by atoms with Gasteiger partial charge in [0.25, 0.3) is 0 Å². The first kappa shape index (κ1) is 15.3. The third-order valence-electron chi connectivity index (χ3n) is 4.93. The summed E-state index contributed by atoms with van der Waals surface area (Å²) in [6.45, 7) is 0. The van der Waals surface area contributed by atoms with Crippen molar-refractivity contribution in [2.24, 2.45) is 0 Å². The minimum atomic E-state index is -0.827. The number of amides is 1. The Kier molecular flexibility index (Phi) is 3.60. The molecule has 0 aliphatic carbocycles. The third kappa shape index (κ3) is 2.58. The highest BCUT2D eigenvalue weighted by atomic mass is 35.5. The lowest BCUT2D eigenvalue weighted by molar-refractivity contribution is 0.0994. The number of hydrogen-bond donors (Lipinski definition) is 3. The van der Waals surface area contributed by atoms with E-state index in [1.165, 1.54) is 6.07 Å². The van der Waals surface area contributed by atoms with Gasteiger partial charge in [-0.3, -0.25) is 0 Å². The number of piperidine rings is 1. The predicted molar refractivity (Wildman–Crippen MR) is 89.5 cm³/mol. The number of carbonyl (C=O) groups is 1. The number of aromatic nitrogens is 2. The van der Waals surface area contributed by atoms with Crippen LogP contribution in [0.4, 0.5) is 10.6 Å². The number of fused-ring (bicyclic) bond motifs is 3. The van der Waals surface area contributed by atoms with Crippen LogP contribution in [0.1, 0.15) is 25.7 Å². The van der Waals surface area contributed by atoms with Crippen molar-refractivity contribution in [3.05, 3.63) is 23.4 Å². The van der Waals surface area contributed by atoms with E-state index in [2.05, 4.69) is 15.3 Å². The average Bonchev–Trinajstić information content (AvgIpc) is 2.78. The van der Waals surface area contributed by atoms with Crippen LogP contribution in [0.2, 0.25) is 5.15 Å². The van der Waals surface area contributed by atoms with E-state index in [9.17, 15) is 15.0 Å². The van der Waals surface area contributed by atoms with E-state index in [1.54, 1.807) is 17.0 Å². The number of hydrogen-bond acceptors (Lipinski definition) is 5. The Hall–Kier alpha value is -2.28. The van der Waals surface area contributed by atoms with E-state index in [4.69, 9.17) is 11.6 Å². The van der Waals surface area contributed by atoms with Gasteiger partial charge in [0.2, 0.25) is 5.88 Å². The molecule has 1 unspecified atom stereocenters. The summed E-state index contributed by atoms with van der Waals surface area (Å²) in [5.41, 5.74) is 0.573. The normalized spacial score (nSPS) is 25.9. The van der Waals surface area contributed by atoms with Gasteiger partial charge in [-0.25, -0.2) is 14.8 Å². The van der Waals surface area contributed by atoms with E-state index in [1.807, 2.05) is 0 Å². The second-order valence-corrected chi connectivity index (χ2v) is 6.80. The second kappa shape index (κ2) is 5.66. The molecule has 0 saturated carbocycles. The van der Waals surface area contributed by atoms with Crippen LogP contribution in [0.5, 0.6) is 5.88 Å². The molecule has 0 radical (unpaired) electrons. The maximum absolute atomic E-state index is 11.4. The van der Waals surface area contributed by atoms with Crippen LogP contribution in [-0.2, 0) is 0 Å². The number of pyridine rings is 2. The monoisotopic (exact) mass is 348 g/mol. The molecular formula is C16H17ClN4O3. The molecule has 7 nitrogen and oxygen atoms in total. The summed E-state index contributed by atoms with van der Waals surface area (Å²) < 4.78 is 0. The fraction of sp³-hybridized carbons (Fsp3) is 0.438. The molecule has 4 heterocycles. The van der Waals surface area contributed by atoms with Crippen LogP contribution in [0, 0.1) is 0 Å². The first-order valence-electron chi connectivity index (χ1n) is 7.95. The lowest BCUT2D eigenvalue weighted by atomic mass is 9.97. The lowest BCUT2D eigenvalue weighted by Gasteiger charge is -2.37. The molecule has 126 valence electrons. The molecule has 2 aromatic rings. The number of nitrogens with one attached hydrogen (secondary N) is 1. The van der Waals surface area contributed by atoms with Gasteiger partial charge >= 0.3 is 6.09 Å². The topological polar surface area (TPSA) is 98.6 Å². The van der Waals surface area contributed by atoms with Gasteiger partial charge in [-0.15, -0.1) is 0 Å². The van der Waals surface area contributed by atoms with Crippen LogP contribution in [0.25, 0.3) is 10.9 Å². The molecule has 2 aliphatic heterocycles. The van der Waals surface area contributed by atoms with Crippen molar-refractivity contribution < 1.29 is 15.0 Å². The Balaban J connectivity index is 1.61. The van der Waals surface area contributed by atoms with Crippen molar-refractivity contribution in [1.29, 1.82) is 0 Å². The Morgan fingerprint density at radius 3 is 2.62 bits per heavy atom. The zero-order valence-electron chi connectivity index (χ0n) is 12.8. The van der Waals surface area contributed by atoms with Crippen molar-refractivity contribution in [2.45, 2.75) is 43.8 Å². The van der Waals surface area contributed by atoms with Crippen molar-refractivity contribution in [3.63, 3.8) is 0 Å². The molecule has 4 rings (SSSR count). The number of halogens is 1. The summed E-state index contributed by atoms with van der Waals surface area (Å²) in [7, 11) is 0. The quantitative estimate of drug-likeness (QED) is 0.721. The third-order valence-corrected chi connectivity index (χ3v) is 5.13. The summed E-state index contributed by atoms with van der Waals surface area (Å²) in [6, 6.07) is 5.14. The first-order chi connectivity index (χ1) is 11.5. The van der Waals surface area contributed by atoms with E-state index in [0.29, 0.717) is 16.5 Å². The average molecular weight is 349 g/mol. The SMILES string of the molecule is O=C(O)N1[C@@H]2CC[C@H]1CC(Nc1nc(Cl)cc3nc(O)ccc13)C2. The summed E-state index contributed by atoms with van der Waals surface area (Å²) in [5, 5.41) is 23.4. The number of rotatable bonds is 2. The van der Waals surface area contributed by atoms with Gasteiger partial charge in [0.05, 0.1) is 5.52 Å². The number of anilines is 1. The largest absolute Gasteiger partial charge is 0.493 e. The Morgan fingerprint density at radius 1 is 1.25 bits per heavy atom. The minimum Gasteiger partial charge on any atom is -0.493 e. The van der Waals surface area contributed by atoms with E-state index in [-0.39, 0.29) is 24.0 Å². The van der Waals surface area contributed by atoms with Gasteiger partial charge in [-0.05, 0) is 31.7 Å². The molecule has 1 amide bonds. The Morgan fingerprint density at radius 2 is 1.96 bits per heavy atom. The maximum atomic E-state index is 11.4. The summed E-state index contributed by atoms with van der Waals surface area (Å²) in [5.74, 6) is 0.557. The van der Waals surface area contributed by atoms with Gasteiger partial charge in [0.15, 0.2) is 0 Å². The molecule has 24 heavy (non-hydrogen) atoms. The molecule has 0 aromatic carbocycles. The molecule has 2 fully saturated rings. The van der Waals surface area contributed by atoms with Gasteiger partial charge in [-0.1, -0.05) is 11.6 Å². The highest BCUT2D eigenvalue weighted by Gasteiger charge is 2.43. The van der Waals surface area contributed by atoms with Crippen molar-refractivity contribution >= 4 is 34.4 Å². The predicted octanol–water partition coefficient (Wildman–Crippen LogP) is 3.07. The number of nitrogens with zero attached hydrogens (tertiary/aromatic N) is 3. The van der Waals surface area contributed by atoms with Crippen LogP contribution in [-0.4, -0.2) is 49.3 Å². The first-order valence-corrected chi connectivity index (χ1v) is 8.33. The van der Waals surface area contributed by atoms with E-state index < -0.39 is 6.09 Å². The van der Waals surface area contributed by atoms with E-state index >= 15 is 0 Å². The highest BCUT2D eigenvalue weighted by Crippen LogP contribution is 2.37. The summed E-state index contributed by atoms with van der Waals surface area (Å²) in [6.07, 6.45) is 2.50. The molecule has 2 bridgehead atoms. The molecular weight excluding hydrogens is 332 g/mol. The van der Waals surface area contributed by atoms with E-state index in [0.717, 1.165) is 31.1 Å². The van der Waals surface area contributed by atoms with Gasteiger partial charge in [0, 0.05) is 35.6 Å². The molecule has 2 saturated heterocycles. The van der Waals surface area contributed by atoms with Crippen LogP contribution >= 0.6 is 11.6 Å². The van der Waals surface area contributed by atoms with Gasteiger partial charge in [0.1, 0.15) is 11.0 Å². The smallest absolute Gasteiger partial charge is 0.407 e.